The molecule has 1 aromatic carbocycles. The van der Waals surface area contributed by atoms with Crippen molar-refractivity contribution in [3.8, 4) is 0 Å². The van der Waals surface area contributed by atoms with Crippen LogP contribution in [0.25, 0.3) is 0 Å². The van der Waals surface area contributed by atoms with Crippen LogP contribution in [0, 0.1) is 17.8 Å². The van der Waals surface area contributed by atoms with Gasteiger partial charge in [-0.1, -0.05) is 39.7 Å². The molecule has 0 atom stereocenters. The molecular formula is C20H31NO2. The lowest BCUT2D eigenvalue weighted by Crippen LogP contribution is -2.16. The van der Waals surface area contributed by atoms with Gasteiger partial charge in [0.2, 0.25) is 0 Å². The number of nitrogens with one attached hydrogen (secondary N) is 1. The van der Waals surface area contributed by atoms with Gasteiger partial charge in [-0.15, -0.1) is 0 Å². The van der Waals surface area contributed by atoms with E-state index in [4.69, 9.17) is 5.11 Å². The Morgan fingerprint density at radius 3 is 2.39 bits per heavy atom. The number of carbonyl (C=O) groups is 1. The Kier molecular flexibility index (Phi) is 6.49. The summed E-state index contributed by atoms with van der Waals surface area (Å²) in [4.78, 5) is 10.4. The van der Waals surface area contributed by atoms with Crippen molar-refractivity contribution in [2.24, 2.45) is 17.8 Å². The SMILES string of the molecule is CC1CCC(C(C)C)CC1.O=C(O)Nc1ccc2c(c1)CCC2. The fourth-order valence-electron chi connectivity index (χ4n) is 3.73. The summed E-state index contributed by atoms with van der Waals surface area (Å²) in [6.45, 7) is 7.11. The van der Waals surface area contributed by atoms with Crippen molar-refractivity contribution in [3.05, 3.63) is 29.3 Å². The van der Waals surface area contributed by atoms with E-state index < -0.39 is 6.09 Å². The van der Waals surface area contributed by atoms with Crippen LogP contribution in [0.1, 0.15) is 64.0 Å². The zero-order chi connectivity index (χ0) is 16.8. The van der Waals surface area contributed by atoms with E-state index in [-0.39, 0.29) is 0 Å². The minimum atomic E-state index is -1.00. The number of amides is 1. The van der Waals surface area contributed by atoms with Gasteiger partial charge in [-0.25, -0.2) is 4.79 Å². The van der Waals surface area contributed by atoms with Crippen LogP contribution in [0.15, 0.2) is 18.2 Å². The smallest absolute Gasteiger partial charge is 0.409 e. The summed E-state index contributed by atoms with van der Waals surface area (Å²) in [6.07, 6.45) is 8.31. The van der Waals surface area contributed by atoms with E-state index in [0.717, 1.165) is 30.6 Å². The molecule has 1 amide bonds. The Balaban J connectivity index is 0.000000174. The molecule has 3 nitrogen and oxygen atoms in total. The fourth-order valence-corrected chi connectivity index (χ4v) is 3.73. The molecule has 2 aliphatic carbocycles. The van der Waals surface area contributed by atoms with Crippen LogP contribution in [-0.4, -0.2) is 11.2 Å². The third-order valence-electron chi connectivity index (χ3n) is 5.35. The van der Waals surface area contributed by atoms with Gasteiger partial charge in [0.25, 0.3) is 0 Å². The predicted molar refractivity (Wildman–Crippen MR) is 96.1 cm³/mol. The van der Waals surface area contributed by atoms with Crippen LogP contribution in [0.3, 0.4) is 0 Å². The van der Waals surface area contributed by atoms with Crippen molar-refractivity contribution in [1.82, 2.24) is 0 Å². The van der Waals surface area contributed by atoms with Crippen LogP contribution in [0.2, 0.25) is 0 Å². The maximum atomic E-state index is 10.4. The molecular weight excluding hydrogens is 286 g/mol. The number of carboxylic acid groups (broad SMARTS) is 1. The summed E-state index contributed by atoms with van der Waals surface area (Å²) in [6, 6.07) is 5.75. The lowest BCUT2D eigenvalue weighted by atomic mass is 9.78. The van der Waals surface area contributed by atoms with E-state index in [9.17, 15) is 4.79 Å². The Morgan fingerprint density at radius 2 is 1.78 bits per heavy atom. The minimum absolute atomic E-state index is 0.674. The van der Waals surface area contributed by atoms with Crippen molar-refractivity contribution >= 4 is 11.8 Å². The first-order chi connectivity index (χ1) is 11.0. The van der Waals surface area contributed by atoms with Gasteiger partial charge in [0.1, 0.15) is 0 Å². The van der Waals surface area contributed by atoms with E-state index in [2.05, 4.69) is 26.1 Å². The second-order valence-electron chi connectivity index (χ2n) is 7.53. The van der Waals surface area contributed by atoms with Gasteiger partial charge in [-0.3, -0.25) is 5.32 Å². The van der Waals surface area contributed by atoms with Gasteiger partial charge < -0.3 is 5.11 Å². The Labute approximate surface area is 140 Å². The minimum Gasteiger partial charge on any atom is -0.465 e. The average Bonchev–Trinajstić information content (AvgIpc) is 2.95. The van der Waals surface area contributed by atoms with E-state index in [1.807, 2.05) is 18.2 Å². The first-order valence-electron chi connectivity index (χ1n) is 9.07. The Morgan fingerprint density at radius 1 is 1.13 bits per heavy atom. The second kappa shape index (κ2) is 8.37. The molecule has 1 aromatic rings. The van der Waals surface area contributed by atoms with E-state index in [1.165, 1.54) is 43.2 Å². The molecule has 0 aliphatic heterocycles. The topological polar surface area (TPSA) is 49.3 Å². The highest BCUT2D eigenvalue weighted by molar-refractivity contribution is 5.83. The molecule has 2 aliphatic rings. The van der Waals surface area contributed by atoms with Crippen LogP contribution < -0.4 is 5.32 Å². The predicted octanol–water partition coefficient (Wildman–Crippen LogP) is 5.73. The monoisotopic (exact) mass is 317 g/mol. The molecule has 3 heteroatoms. The largest absolute Gasteiger partial charge is 0.465 e. The van der Waals surface area contributed by atoms with Crippen LogP contribution in [-0.2, 0) is 12.8 Å². The quantitative estimate of drug-likeness (QED) is 0.731. The number of benzene rings is 1. The van der Waals surface area contributed by atoms with E-state index in [1.54, 1.807) is 0 Å². The summed E-state index contributed by atoms with van der Waals surface area (Å²) in [5, 5.41) is 10.9. The number of hydrogen-bond donors (Lipinski definition) is 2. The van der Waals surface area contributed by atoms with Gasteiger partial charge in [-0.05, 0) is 73.1 Å². The number of rotatable bonds is 2. The molecule has 1 fully saturated rings. The molecule has 0 saturated heterocycles. The maximum Gasteiger partial charge on any atom is 0.409 e. The first-order valence-corrected chi connectivity index (χ1v) is 9.07. The molecule has 1 saturated carbocycles. The normalized spacial score (nSPS) is 23.0. The van der Waals surface area contributed by atoms with Crippen molar-refractivity contribution in [1.29, 1.82) is 0 Å². The van der Waals surface area contributed by atoms with Gasteiger partial charge in [0, 0.05) is 5.69 Å². The van der Waals surface area contributed by atoms with Crippen molar-refractivity contribution in [2.75, 3.05) is 5.32 Å². The second-order valence-corrected chi connectivity index (χ2v) is 7.53. The molecule has 0 radical (unpaired) electrons. The number of aryl methyl sites for hydroxylation is 2. The van der Waals surface area contributed by atoms with Gasteiger partial charge in [0.15, 0.2) is 0 Å². The summed E-state index contributed by atoms with van der Waals surface area (Å²) < 4.78 is 0. The number of hydrogen-bond acceptors (Lipinski definition) is 1. The highest BCUT2D eigenvalue weighted by Gasteiger charge is 2.20. The third kappa shape index (κ3) is 5.56. The first kappa shape index (κ1) is 17.8. The zero-order valence-corrected chi connectivity index (χ0v) is 14.8. The fraction of sp³-hybridized carbons (Fsp3) is 0.650. The molecule has 0 bridgehead atoms. The Hall–Kier alpha value is -1.51. The molecule has 23 heavy (non-hydrogen) atoms. The standard InChI is InChI=1S/C10H11NO2.C10H20/c12-10(13)11-9-5-4-7-2-1-3-8(7)6-9;1-8(2)10-6-4-9(3)5-7-10/h4-6,11H,1-3H2,(H,12,13);8-10H,4-7H2,1-3H3. The average molecular weight is 317 g/mol. The molecule has 128 valence electrons. The zero-order valence-electron chi connectivity index (χ0n) is 14.8. The third-order valence-corrected chi connectivity index (χ3v) is 5.35. The number of anilines is 1. The summed E-state index contributed by atoms with van der Waals surface area (Å²) in [5.74, 6) is 2.97. The molecule has 0 unspecified atom stereocenters. The van der Waals surface area contributed by atoms with E-state index >= 15 is 0 Å². The van der Waals surface area contributed by atoms with Crippen molar-refractivity contribution in [2.45, 2.75) is 65.7 Å². The van der Waals surface area contributed by atoms with Crippen LogP contribution >= 0.6 is 0 Å². The highest BCUT2D eigenvalue weighted by Crippen LogP contribution is 2.32. The highest BCUT2D eigenvalue weighted by atomic mass is 16.4. The molecule has 0 spiro atoms. The molecule has 0 aromatic heterocycles. The van der Waals surface area contributed by atoms with Crippen molar-refractivity contribution in [3.63, 3.8) is 0 Å². The summed E-state index contributed by atoms with van der Waals surface area (Å²) in [5.41, 5.74) is 3.32. The van der Waals surface area contributed by atoms with E-state index in [0.29, 0.717) is 5.69 Å². The van der Waals surface area contributed by atoms with Gasteiger partial charge >= 0.3 is 6.09 Å². The molecule has 2 N–H and O–H groups in total. The molecule has 3 rings (SSSR count). The summed E-state index contributed by atoms with van der Waals surface area (Å²) >= 11 is 0. The maximum absolute atomic E-state index is 10.4. The summed E-state index contributed by atoms with van der Waals surface area (Å²) in [7, 11) is 0. The van der Waals surface area contributed by atoms with Gasteiger partial charge in [0.05, 0.1) is 0 Å². The van der Waals surface area contributed by atoms with Crippen molar-refractivity contribution < 1.29 is 9.90 Å². The lowest BCUT2D eigenvalue weighted by molar-refractivity contribution is 0.210. The van der Waals surface area contributed by atoms with Crippen LogP contribution in [0.5, 0.6) is 0 Å². The molecule has 0 heterocycles. The lowest BCUT2D eigenvalue weighted by Gasteiger charge is -2.28. The van der Waals surface area contributed by atoms with Gasteiger partial charge in [-0.2, -0.15) is 0 Å². The Bertz CT molecular complexity index is 516. The number of fused-ring (bicyclic) bond motifs is 1. The van der Waals surface area contributed by atoms with Crippen LogP contribution in [0.4, 0.5) is 10.5 Å².